The third-order valence-corrected chi connectivity index (χ3v) is 4.58. The maximum Gasteiger partial charge on any atom is 0.123 e. The van der Waals surface area contributed by atoms with E-state index >= 15 is 0 Å². The van der Waals surface area contributed by atoms with Gasteiger partial charge in [-0.15, -0.1) is 0 Å². The van der Waals surface area contributed by atoms with E-state index in [0.29, 0.717) is 17.8 Å². The Morgan fingerprint density at radius 3 is 2.89 bits per heavy atom. The smallest absolute Gasteiger partial charge is 0.123 e. The highest BCUT2D eigenvalue weighted by molar-refractivity contribution is 5.59. The first kappa shape index (κ1) is 11.8. The van der Waals surface area contributed by atoms with E-state index in [2.05, 4.69) is 16.3 Å². The molecule has 0 saturated carbocycles. The number of phenols is 1. The quantitative estimate of drug-likeness (QED) is 0.842. The van der Waals surface area contributed by atoms with Gasteiger partial charge in [-0.05, 0) is 51.3 Å². The second kappa shape index (κ2) is 4.47. The highest BCUT2D eigenvalue weighted by Crippen LogP contribution is 2.33. The number of nitrogens with zero attached hydrogens (tertiary/aromatic N) is 1. The van der Waals surface area contributed by atoms with Gasteiger partial charge in [0.15, 0.2) is 0 Å². The normalized spacial score (nSPS) is 27.4. The van der Waals surface area contributed by atoms with Gasteiger partial charge in [0.2, 0.25) is 0 Å². The van der Waals surface area contributed by atoms with Crippen molar-refractivity contribution >= 4 is 5.69 Å². The lowest BCUT2D eigenvalue weighted by atomic mass is 10.0. The molecule has 0 aliphatic carbocycles. The standard InChI is InChI=1S/C15H22N2O/c1-10-5-6-12(11(2)15(10)18)16-13-7-9-17-8-3-4-14(13)17/h5-6,13-14,16,18H,3-4,7-9H2,1-2H3. The number of hydrogen-bond acceptors (Lipinski definition) is 3. The topological polar surface area (TPSA) is 35.5 Å². The molecule has 18 heavy (non-hydrogen) atoms. The molecule has 3 rings (SSSR count). The summed E-state index contributed by atoms with van der Waals surface area (Å²) in [4.78, 5) is 2.60. The molecule has 98 valence electrons. The molecule has 1 aromatic rings. The van der Waals surface area contributed by atoms with Crippen molar-refractivity contribution < 1.29 is 5.11 Å². The number of aryl methyl sites for hydroxylation is 1. The number of nitrogens with one attached hydrogen (secondary N) is 1. The second-order valence-corrected chi connectivity index (χ2v) is 5.69. The number of rotatable bonds is 2. The third kappa shape index (κ3) is 1.87. The van der Waals surface area contributed by atoms with Crippen molar-refractivity contribution in [3.8, 4) is 5.75 Å². The predicted octanol–water partition coefficient (Wildman–Crippen LogP) is 2.66. The minimum absolute atomic E-state index is 0.432. The molecule has 3 nitrogen and oxygen atoms in total. The number of aromatic hydroxyl groups is 1. The summed E-state index contributed by atoms with van der Waals surface area (Å²) in [6.45, 7) is 6.42. The molecule has 2 saturated heterocycles. The van der Waals surface area contributed by atoms with Crippen LogP contribution in [-0.4, -0.2) is 35.2 Å². The highest BCUT2D eigenvalue weighted by atomic mass is 16.3. The van der Waals surface area contributed by atoms with Crippen LogP contribution in [0.4, 0.5) is 5.69 Å². The van der Waals surface area contributed by atoms with E-state index in [1.165, 1.54) is 32.4 Å². The third-order valence-electron chi connectivity index (χ3n) is 4.58. The van der Waals surface area contributed by atoms with Crippen molar-refractivity contribution in [2.45, 2.75) is 45.2 Å². The summed E-state index contributed by atoms with van der Waals surface area (Å²) >= 11 is 0. The molecule has 0 bridgehead atoms. The molecular formula is C15H22N2O. The van der Waals surface area contributed by atoms with Crippen LogP contribution < -0.4 is 5.32 Å². The van der Waals surface area contributed by atoms with Gasteiger partial charge in [-0.1, -0.05) is 6.07 Å². The number of fused-ring (bicyclic) bond motifs is 1. The van der Waals surface area contributed by atoms with E-state index in [0.717, 1.165) is 16.8 Å². The summed E-state index contributed by atoms with van der Waals surface area (Å²) in [5.74, 6) is 0.432. The van der Waals surface area contributed by atoms with E-state index in [9.17, 15) is 5.11 Å². The van der Waals surface area contributed by atoms with Crippen LogP contribution in [0.15, 0.2) is 12.1 Å². The van der Waals surface area contributed by atoms with E-state index in [4.69, 9.17) is 0 Å². The van der Waals surface area contributed by atoms with Gasteiger partial charge in [-0.3, -0.25) is 4.90 Å². The maximum absolute atomic E-state index is 10.00. The van der Waals surface area contributed by atoms with Crippen molar-refractivity contribution in [2.75, 3.05) is 18.4 Å². The Bertz CT molecular complexity index is 458. The molecular weight excluding hydrogens is 224 g/mol. The maximum atomic E-state index is 10.00. The van der Waals surface area contributed by atoms with Crippen LogP contribution in [0.25, 0.3) is 0 Å². The molecule has 2 aliphatic heterocycles. The first-order valence-electron chi connectivity index (χ1n) is 6.96. The van der Waals surface area contributed by atoms with Crippen molar-refractivity contribution in [3.05, 3.63) is 23.3 Å². The summed E-state index contributed by atoms with van der Waals surface area (Å²) in [6.07, 6.45) is 3.87. The van der Waals surface area contributed by atoms with Crippen LogP contribution in [-0.2, 0) is 0 Å². The van der Waals surface area contributed by atoms with E-state index in [-0.39, 0.29) is 0 Å². The molecule has 2 aliphatic rings. The summed E-state index contributed by atoms with van der Waals surface area (Å²) < 4.78 is 0. The molecule has 2 fully saturated rings. The fourth-order valence-corrected chi connectivity index (χ4v) is 3.44. The Hall–Kier alpha value is -1.22. The molecule has 1 aromatic carbocycles. The summed E-state index contributed by atoms with van der Waals surface area (Å²) in [5, 5.41) is 13.6. The lowest BCUT2D eigenvalue weighted by Gasteiger charge is -2.23. The van der Waals surface area contributed by atoms with Crippen molar-refractivity contribution in [1.29, 1.82) is 0 Å². The average molecular weight is 246 g/mol. The Labute approximate surface area is 109 Å². The lowest BCUT2D eigenvalue weighted by molar-refractivity contribution is 0.318. The largest absolute Gasteiger partial charge is 0.507 e. The minimum atomic E-state index is 0.432. The van der Waals surface area contributed by atoms with Gasteiger partial charge in [0.05, 0.1) is 0 Å². The van der Waals surface area contributed by atoms with Gasteiger partial charge in [-0.2, -0.15) is 0 Å². The molecule has 2 heterocycles. The Morgan fingerprint density at radius 1 is 1.22 bits per heavy atom. The molecule has 0 amide bonds. The summed E-state index contributed by atoms with van der Waals surface area (Å²) in [5.41, 5.74) is 3.02. The Morgan fingerprint density at radius 2 is 2.06 bits per heavy atom. The highest BCUT2D eigenvalue weighted by Gasteiger charge is 2.37. The molecule has 0 radical (unpaired) electrons. The Kier molecular flexibility index (Phi) is 2.94. The Balaban J connectivity index is 1.79. The zero-order valence-corrected chi connectivity index (χ0v) is 11.2. The van der Waals surface area contributed by atoms with E-state index in [1.807, 2.05) is 19.9 Å². The first-order chi connectivity index (χ1) is 8.66. The molecule has 2 N–H and O–H groups in total. The SMILES string of the molecule is Cc1ccc(NC2CCN3CCCC23)c(C)c1O. The van der Waals surface area contributed by atoms with Crippen LogP contribution in [0.3, 0.4) is 0 Å². The fourth-order valence-electron chi connectivity index (χ4n) is 3.44. The van der Waals surface area contributed by atoms with E-state index in [1.54, 1.807) is 0 Å². The van der Waals surface area contributed by atoms with Crippen LogP contribution in [0.2, 0.25) is 0 Å². The number of hydrogen-bond donors (Lipinski definition) is 2. The predicted molar refractivity (Wildman–Crippen MR) is 74.2 cm³/mol. The fraction of sp³-hybridized carbons (Fsp3) is 0.600. The van der Waals surface area contributed by atoms with Crippen LogP contribution in [0.5, 0.6) is 5.75 Å². The number of phenolic OH excluding ortho intramolecular Hbond substituents is 1. The van der Waals surface area contributed by atoms with Gasteiger partial charge in [0, 0.05) is 29.9 Å². The number of anilines is 1. The molecule has 0 aromatic heterocycles. The molecule has 3 heteroatoms. The van der Waals surface area contributed by atoms with Crippen LogP contribution >= 0.6 is 0 Å². The average Bonchev–Trinajstić information content (AvgIpc) is 2.94. The first-order valence-corrected chi connectivity index (χ1v) is 6.96. The molecule has 2 atom stereocenters. The van der Waals surface area contributed by atoms with Crippen molar-refractivity contribution in [2.24, 2.45) is 0 Å². The van der Waals surface area contributed by atoms with E-state index < -0.39 is 0 Å². The van der Waals surface area contributed by atoms with Crippen LogP contribution in [0.1, 0.15) is 30.4 Å². The number of benzene rings is 1. The zero-order chi connectivity index (χ0) is 12.7. The summed E-state index contributed by atoms with van der Waals surface area (Å²) in [6, 6.07) is 5.34. The zero-order valence-electron chi connectivity index (χ0n) is 11.2. The van der Waals surface area contributed by atoms with Gasteiger partial charge in [-0.25, -0.2) is 0 Å². The minimum Gasteiger partial charge on any atom is -0.507 e. The van der Waals surface area contributed by atoms with Crippen molar-refractivity contribution in [3.63, 3.8) is 0 Å². The van der Waals surface area contributed by atoms with Gasteiger partial charge >= 0.3 is 0 Å². The van der Waals surface area contributed by atoms with Gasteiger partial charge in [0.25, 0.3) is 0 Å². The van der Waals surface area contributed by atoms with Crippen molar-refractivity contribution in [1.82, 2.24) is 4.90 Å². The van der Waals surface area contributed by atoms with Gasteiger partial charge < -0.3 is 10.4 Å². The summed E-state index contributed by atoms with van der Waals surface area (Å²) in [7, 11) is 0. The monoisotopic (exact) mass is 246 g/mol. The van der Waals surface area contributed by atoms with Gasteiger partial charge in [0.1, 0.15) is 5.75 Å². The molecule has 2 unspecified atom stereocenters. The van der Waals surface area contributed by atoms with Crippen LogP contribution in [0, 0.1) is 13.8 Å². The lowest BCUT2D eigenvalue weighted by Crippen LogP contribution is -2.33. The second-order valence-electron chi connectivity index (χ2n) is 5.69. The molecule has 0 spiro atoms.